The normalized spacial score (nSPS) is 17.1. The van der Waals surface area contributed by atoms with E-state index in [2.05, 4.69) is 4.72 Å². The van der Waals surface area contributed by atoms with E-state index >= 15 is 0 Å². The van der Waals surface area contributed by atoms with Crippen LogP contribution in [0.1, 0.15) is 23.2 Å². The monoisotopic (exact) mass is 319 g/mol. The third-order valence-electron chi connectivity index (χ3n) is 3.02. The summed E-state index contributed by atoms with van der Waals surface area (Å²) in [5.41, 5.74) is -0.646. The fraction of sp³-hybridized carbons (Fsp3) is 0.417. The zero-order valence-corrected chi connectivity index (χ0v) is 12.1. The lowest BCUT2D eigenvalue weighted by Crippen LogP contribution is -2.37. The summed E-state index contributed by atoms with van der Waals surface area (Å²) in [5, 5.41) is 8.82. The molecule has 1 heterocycles. The molecule has 0 atom stereocenters. The molecule has 0 unspecified atom stereocenters. The summed E-state index contributed by atoms with van der Waals surface area (Å²) in [6, 6.07) is 2.62. The first-order valence-electron chi connectivity index (χ1n) is 6.03. The Hall–Kier alpha value is -1.12. The van der Waals surface area contributed by atoms with E-state index in [0.717, 1.165) is 42.5 Å². The molecule has 0 aromatic heterocycles. The van der Waals surface area contributed by atoms with E-state index < -0.39 is 27.4 Å². The number of sulfonamides is 1. The van der Waals surface area contributed by atoms with Gasteiger partial charge in [0.05, 0.1) is 10.5 Å². The highest BCUT2D eigenvalue weighted by atomic mass is 32.2. The van der Waals surface area contributed by atoms with E-state index in [1.54, 1.807) is 11.8 Å². The Morgan fingerprint density at radius 3 is 2.60 bits per heavy atom. The van der Waals surface area contributed by atoms with Gasteiger partial charge in [0.25, 0.3) is 0 Å². The van der Waals surface area contributed by atoms with Crippen LogP contribution < -0.4 is 4.72 Å². The van der Waals surface area contributed by atoms with Gasteiger partial charge in [0, 0.05) is 6.04 Å². The topological polar surface area (TPSA) is 83.5 Å². The largest absolute Gasteiger partial charge is 0.478 e. The fourth-order valence-corrected chi connectivity index (χ4v) is 4.38. The number of hydrogen-bond donors (Lipinski definition) is 2. The van der Waals surface area contributed by atoms with Crippen molar-refractivity contribution in [3.63, 3.8) is 0 Å². The molecule has 1 aliphatic rings. The molecule has 5 nitrogen and oxygen atoms in total. The summed E-state index contributed by atoms with van der Waals surface area (Å²) in [5.74, 6) is -0.673. The number of thioether (sulfide) groups is 1. The van der Waals surface area contributed by atoms with Gasteiger partial charge < -0.3 is 5.11 Å². The number of nitrogens with one attached hydrogen (secondary N) is 1. The van der Waals surface area contributed by atoms with E-state index in [-0.39, 0.29) is 10.9 Å². The predicted octanol–water partition coefficient (Wildman–Crippen LogP) is 1.70. The van der Waals surface area contributed by atoms with Crippen LogP contribution in [0.4, 0.5) is 4.39 Å². The second kappa shape index (κ2) is 6.11. The average Bonchev–Trinajstić information content (AvgIpc) is 2.39. The molecule has 1 aromatic rings. The quantitative estimate of drug-likeness (QED) is 0.882. The summed E-state index contributed by atoms with van der Waals surface area (Å²) in [4.78, 5) is 10.6. The lowest BCUT2D eigenvalue weighted by molar-refractivity contribution is 0.0691. The van der Waals surface area contributed by atoms with E-state index in [4.69, 9.17) is 5.11 Å². The van der Waals surface area contributed by atoms with Crippen molar-refractivity contribution < 1.29 is 22.7 Å². The molecule has 0 aliphatic carbocycles. The Balaban J connectivity index is 2.24. The van der Waals surface area contributed by atoms with Gasteiger partial charge in [-0.15, -0.1) is 0 Å². The molecule has 1 aliphatic heterocycles. The van der Waals surface area contributed by atoms with Crippen LogP contribution >= 0.6 is 11.8 Å². The predicted molar refractivity (Wildman–Crippen MR) is 74.0 cm³/mol. The SMILES string of the molecule is O=C(O)c1cc(S(=O)(=O)NC2CCSCC2)ccc1F. The van der Waals surface area contributed by atoms with Gasteiger partial charge in [-0.05, 0) is 42.5 Å². The molecule has 20 heavy (non-hydrogen) atoms. The van der Waals surface area contributed by atoms with Crippen molar-refractivity contribution in [1.82, 2.24) is 4.72 Å². The first kappa shape index (κ1) is 15.3. The number of carboxylic acid groups (broad SMARTS) is 1. The summed E-state index contributed by atoms with van der Waals surface area (Å²) < 4.78 is 40.1. The van der Waals surface area contributed by atoms with E-state index in [0.29, 0.717) is 0 Å². The highest BCUT2D eigenvalue weighted by Gasteiger charge is 2.23. The lowest BCUT2D eigenvalue weighted by atomic mass is 10.2. The van der Waals surface area contributed by atoms with Crippen LogP contribution in [0, 0.1) is 5.82 Å². The van der Waals surface area contributed by atoms with Gasteiger partial charge in [-0.3, -0.25) is 0 Å². The van der Waals surface area contributed by atoms with Gasteiger partial charge in [-0.1, -0.05) is 0 Å². The maximum absolute atomic E-state index is 13.3. The third-order valence-corrected chi connectivity index (χ3v) is 5.59. The summed E-state index contributed by atoms with van der Waals surface area (Å²) in [6.07, 6.45) is 1.47. The Morgan fingerprint density at radius 2 is 2.00 bits per heavy atom. The molecule has 2 rings (SSSR count). The number of halogens is 1. The molecule has 0 spiro atoms. The van der Waals surface area contributed by atoms with Crippen molar-refractivity contribution in [2.45, 2.75) is 23.8 Å². The van der Waals surface area contributed by atoms with Gasteiger partial charge in [-0.25, -0.2) is 22.3 Å². The van der Waals surface area contributed by atoms with Crippen molar-refractivity contribution in [2.24, 2.45) is 0 Å². The standard InChI is InChI=1S/C12H14FNO4S2/c13-11-2-1-9(7-10(11)12(15)16)20(17,18)14-8-3-5-19-6-4-8/h1-2,7-8,14H,3-6H2,(H,15,16). The van der Waals surface area contributed by atoms with Crippen LogP contribution in [0.15, 0.2) is 23.1 Å². The van der Waals surface area contributed by atoms with Crippen LogP contribution in [0.25, 0.3) is 0 Å². The van der Waals surface area contributed by atoms with E-state index in [1.165, 1.54) is 0 Å². The number of carbonyl (C=O) groups is 1. The zero-order valence-electron chi connectivity index (χ0n) is 10.5. The Kier molecular flexibility index (Phi) is 4.66. The first-order valence-corrected chi connectivity index (χ1v) is 8.67. The third kappa shape index (κ3) is 3.50. The molecule has 1 aromatic carbocycles. The minimum atomic E-state index is -3.82. The van der Waals surface area contributed by atoms with Crippen LogP contribution in [-0.2, 0) is 10.0 Å². The molecule has 8 heteroatoms. The second-order valence-electron chi connectivity index (χ2n) is 4.45. The van der Waals surface area contributed by atoms with Crippen LogP contribution in [-0.4, -0.2) is 37.0 Å². The van der Waals surface area contributed by atoms with Crippen LogP contribution in [0.2, 0.25) is 0 Å². The van der Waals surface area contributed by atoms with E-state index in [9.17, 15) is 17.6 Å². The molecule has 2 N–H and O–H groups in total. The number of benzene rings is 1. The molecule has 0 amide bonds. The summed E-state index contributed by atoms with van der Waals surface area (Å²) in [6.45, 7) is 0. The maximum Gasteiger partial charge on any atom is 0.338 e. The van der Waals surface area contributed by atoms with Crippen molar-refractivity contribution >= 4 is 27.8 Å². The van der Waals surface area contributed by atoms with E-state index in [1.807, 2.05) is 0 Å². The van der Waals surface area contributed by atoms with Crippen molar-refractivity contribution in [3.05, 3.63) is 29.6 Å². The Morgan fingerprint density at radius 1 is 1.35 bits per heavy atom. The first-order chi connectivity index (χ1) is 9.40. The van der Waals surface area contributed by atoms with Crippen LogP contribution in [0.5, 0.6) is 0 Å². The highest BCUT2D eigenvalue weighted by Crippen LogP contribution is 2.20. The summed E-state index contributed by atoms with van der Waals surface area (Å²) in [7, 11) is -3.82. The molecule has 1 saturated heterocycles. The molecule has 0 bridgehead atoms. The minimum absolute atomic E-state index is 0.153. The van der Waals surface area contributed by atoms with Crippen LogP contribution in [0.3, 0.4) is 0 Å². The van der Waals surface area contributed by atoms with Gasteiger partial charge in [0.15, 0.2) is 0 Å². The molecule has 0 saturated carbocycles. The van der Waals surface area contributed by atoms with Gasteiger partial charge in [0.1, 0.15) is 5.82 Å². The number of rotatable bonds is 4. The molecule has 110 valence electrons. The second-order valence-corrected chi connectivity index (χ2v) is 7.39. The lowest BCUT2D eigenvalue weighted by Gasteiger charge is -2.22. The highest BCUT2D eigenvalue weighted by molar-refractivity contribution is 7.99. The molecule has 1 fully saturated rings. The zero-order chi connectivity index (χ0) is 14.8. The van der Waals surface area contributed by atoms with Crippen molar-refractivity contribution in [3.8, 4) is 0 Å². The fourth-order valence-electron chi connectivity index (χ4n) is 1.94. The maximum atomic E-state index is 13.3. The van der Waals surface area contributed by atoms with Crippen molar-refractivity contribution in [2.75, 3.05) is 11.5 Å². The van der Waals surface area contributed by atoms with Gasteiger partial charge >= 0.3 is 5.97 Å². The Labute approximate surface area is 120 Å². The smallest absolute Gasteiger partial charge is 0.338 e. The van der Waals surface area contributed by atoms with Crippen molar-refractivity contribution in [1.29, 1.82) is 0 Å². The molecular formula is C12H14FNO4S2. The average molecular weight is 319 g/mol. The summed E-state index contributed by atoms with van der Waals surface area (Å²) >= 11 is 1.77. The van der Waals surface area contributed by atoms with Gasteiger partial charge in [0.2, 0.25) is 10.0 Å². The Bertz CT molecular complexity index is 612. The molecule has 0 radical (unpaired) electrons. The van der Waals surface area contributed by atoms with Gasteiger partial charge in [-0.2, -0.15) is 11.8 Å². The number of carboxylic acids is 1. The minimum Gasteiger partial charge on any atom is -0.478 e. The number of aromatic carboxylic acids is 1. The number of hydrogen-bond acceptors (Lipinski definition) is 4. The molecular weight excluding hydrogens is 305 g/mol.